The van der Waals surface area contributed by atoms with Crippen molar-refractivity contribution in [2.24, 2.45) is 0 Å². The molecule has 4 aromatic carbocycles. The summed E-state index contributed by atoms with van der Waals surface area (Å²) in [4.78, 5) is 34.4. The number of rotatable bonds is 5. The van der Waals surface area contributed by atoms with Crippen LogP contribution in [0.4, 0.5) is 0 Å². The first-order chi connectivity index (χ1) is 20.6. The molecule has 1 aliphatic rings. The van der Waals surface area contributed by atoms with Crippen LogP contribution in [0.5, 0.6) is 11.5 Å². The lowest BCUT2D eigenvalue weighted by Crippen LogP contribution is -2.25. The van der Waals surface area contributed by atoms with Gasteiger partial charge in [-0.1, -0.05) is 54.6 Å². The van der Waals surface area contributed by atoms with Gasteiger partial charge in [0, 0.05) is 25.1 Å². The molecule has 1 aliphatic heterocycles. The Balaban J connectivity index is 0.000000151. The quantitative estimate of drug-likeness (QED) is 0.265. The van der Waals surface area contributed by atoms with E-state index in [4.69, 9.17) is 9.47 Å². The fraction of sp³-hybridized carbons (Fsp3) is 0.176. The molecule has 0 bridgehead atoms. The van der Waals surface area contributed by atoms with Crippen LogP contribution in [0.1, 0.15) is 25.1 Å². The van der Waals surface area contributed by atoms with E-state index in [1.54, 1.807) is 15.2 Å². The maximum absolute atomic E-state index is 12.7. The number of benzene rings is 4. The molecule has 0 atom stereocenters. The monoisotopic (exact) mass is 558 g/mol. The first kappa shape index (κ1) is 27.0. The van der Waals surface area contributed by atoms with E-state index in [-0.39, 0.29) is 17.9 Å². The summed E-state index contributed by atoms with van der Waals surface area (Å²) in [5.41, 5.74) is 6.22. The minimum atomic E-state index is -0.0972. The topological polar surface area (TPSA) is 88.2 Å². The molecule has 6 aromatic rings. The minimum absolute atomic E-state index is 0.00931. The number of aryl methyl sites for hydroxylation is 2. The highest BCUT2D eigenvalue weighted by atomic mass is 16.7. The second-order valence-electron chi connectivity index (χ2n) is 9.83. The minimum Gasteiger partial charge on any atom is -0.454 e. The number of aromatic nitrogens is 4. The molecule has 0 amide bonds. The number of fused-ring (bicyclic) bond motifs is 3. The Kier molecular flexibility index (Phi) is 7.51. The van der Waals surface area contributed by atoms with Gasteiger partial charge in [-0.05, 0) is 61.9 Å². The third-order valence-electron chi connectivity index (χ3n) is 7.27. The van der Waals surface area contributed by atoms with Crippen molar-refractivity contribution in [1.29, 1.82) is 0 Å². The van der Waals surface area contributed by atoms with Gasteiger partial charge in [0.25, 0.3) is 11.1 Å². The average Bonchev–Trinajstić information content (AvgIpc) is 3.50. The highest BCUT2D eigenvalue weighted by Gasteiger charge is 2.17. The standard InChI is InChI=1S/C17H14N2O3.C17H16N2O/c1-2-19-13-6-4-3-5-12(13)18-16(17(19)20)11-7-8-14-15(9-11)22-10-21-14;1-2-19-16-11-7-6-10-14(16)18-15(17(19)20)12-13-8-4-3-5-9-13/h3-9H,2,10H2,1H3;3-11H,2,12H2,1H3. The zero-order chi connectivity index (χ0) is 29.1. The molecule has 0 N–H and O–H groups in total. The van der Waals surface area contributed by atoms with Crippen LogP contribution in [0.3, 0.4) is 0 Å². The van der Waals surface area contributed by atoms with Gasteiger partial charge in [-0.15, -0.1) is 0 Å². The Morgan fingerprint density at radius 2 is 1.26 bits per heavy atom. The summed E-state index contributed by atoms with van der Waals surface area (Å²) < 4.78 is 14.2. The number of hydrogen-bond acceptors (Lipinski definition) is 6. The molecule has 8 heteroatoms. The van der Waals surface area contributed by atoms with Gasteiger partial charge in [0.1, 0.15) is 11.4 Å². The predicted molar refractivity (Wildman–Crippen MR) is 164 cm³/mol. The lowest BCUT2D eigenvalue weighted by Gasteiger charge is -2.10. The molecule has 0 saturated carbocycles. The summed E-state index contributed by atoms with van der Waals surface area (Å²) in [5, 5.41) is 0. The summed E-state index contributed by atoms with van der Waals surface area (Å²) in [5.74, 6) is 1.34. The second kappa shape index (κ2) is 11.7. The summed E-state index contributed by atoms with van der Waals surface area (Å²) in [6.45, 7) is 5.41. The van der Waals surface area contributed by atoms with Crippen molar-refractivity contribution < 1.29 is 9.47 Å². The molecule has 3 heterocycles. The Bertz CT molecular complexity index is 2020. The van der Waals surface area contributed by atoms with Gasteiger partial charge in [0.05, 0.1) is 22.1 Å². The van der Waals surface area contributed by atoms with E-state index in [9.17, 15) is 9.59 Å². The van der Waals surface area contributed by atoms with E-state index >= 15 is 0 Å². The van der Waals surface area contributed by atoms with Crippen molar-refractivity contribution >= 4 is 22.1 Å². The van der Waals surface area contributed by atoms with Crippen LogP contribution in [-0.2, 0) is 19.5 Å². The van der Waals surface area contributed by atoms with Crippen LogP contribution in [0.2, 0.25) is 0 Å². The smallest absolute Gasteiger partial charge is 0.277 e. The Morgan fingerprint density at radius 1 is 0.667 bits per heavy atom. The zero-order valence-electron chi connectivity index (χ0n) is 23.5. The van der Waals surface area contributed by atoms with E-state index in [2.05, 4.69) is 9.97 Å². The fourth-order valence-electron chi connectivity index (χ4n) is 5.20. The zero-order valence-corrected chi connectivity index (χ0v) is 23.5. The molecule has 0 fully saturated rings. The van der Waals surface area contributed by atoms with Crippen molar-refractivity contribution in [2.45, 2.75) is 33.4 Å². The van der Waals surface area contributed by atoms with E-state index in [0.29, 0.717) is 42.4 Å². The molecule has 2 aromatic heterocycles. The molecule has 0 radical (unpaired) electrons. The third-order valence-corrected chi connectivity index (χ3v) is 7.27. The van der Waals surface area contributed by atoms with Gasteiger partial charge in [-0.3, -0.25) is 9.59 Å². The third kappa shape index (κ3) is 5.14. The van der Waals surface area contributed by atoms with Crippen LogP contribution in [0.25, 0.3) is 33.3 Å². The summed E-state index contributed by atoms with van der Waals surface area (Å²) in [6, 6.07) is 30.9. The Morgan fingerprint density at radius 3 is 1.95 bits per heavy atom. The second-order valence-corrected chi connectivity index (χ2v) is 9.83. The molecule has 0 unspecified atom stereocenters. The van der Waals surface area contributed by atoms with Crippen molar-refractivity contribution in [1.82, 2.24) is 19.1 Å². The highest BCUT2D eigenvalue weighted by molar-refractivity contribution is 5.78. The maximum Gasteiger partial charge on any atom is 0.277 e. The summed E-state index contributed by atoms with van der Waals surface area (Å²) >= 11 is 0. The predicted octanol–water partition coefficient (Wildman–Crippen LogP) is 5.82. The number of hydrogen-bond donors (Lipinski definition) is 0. The molecular weight excluding hydrogens is 528 g/mol. The summed E-state index contributed by atoms with van der Waals surface area (Å²) in [6.07, 6.45) is 0.574. The fourth-order valence-corrected chi connectivity index (χ4v) is 5.20. The molecular formula is C34H30N4O4. The summed E-state index contributed by atoms with van der Waals surface area (Å²) in [7, 11) is 0. The molecule has 0 aliphatic carbocycles. The molecule has 42 heavy (non-hydrogen) atoms. The van der Waals surface area contributed by atoms with Crippen molar-refractivity contribution in [3.05, 3.63) is 129 Å². The normalized spacial score (nSPS) is 11.9. The van der Waals surface area contributed by atoms with Crippen LogP contribution >= 0.6 is 0 Å². The van der Waals surface area contributed by atoms with E-state index in [1.165, 1.54) is 0 Å². The van der Waals surface area contributed by atoms with Gasteiger partial charge in [0.15, 0.2) is 11.5 Å². The average molecular weight is 559 g/mol. The van der Waals surface area contributed by atoms with Crippen LogP contribution in [0, 0.1) is 0 Å². The van der Waals surface area contributed by atoms with Gasteiger partial charge in [0.2, 0.25) is 6.79 Å². The number of nitrogens with zero attached hydrogens (tertiary/aromatic N) is 4. The lowest BCUT2D eigenvalue weighted by molar-refractivity contribution is 0.174. The van der Waals surface area contributed by atoms with Crippen LogP contribution < -0.4 is 20.6 Å². The molecule has 0 spiro atoms. The number of para-hydroxylation sites is 4. The van der Waals surface area contributed by atoms with Crippen molar-refractivity contribution in [3.8, 4) is 22.8 Å². The highest BCUT2D eigenvalue weighted by Crippen LogP contribution is 2.35. The Hall–Kier alpha value is -5.24. The van der Waals surface area contributed by atoms with E-state index in [1.807, 2.05) is 105 Å². The van der Waals surface area contributed by atoms with Crippen molar-refractivity contribution in [3.63, 3.8) is 0 Å². The molecule has 0 saturated heterocycles. The van der Waals surface area contributed by atoms with Gasteiger partial charge in [-0.25, -0.2) is 9.97 Å². The first-order valence-corrected chi connectivity index (χ1v) is 14.0. The maximum atomic E-state index is 12.7. The van der Waals surface area contributed by atoms with E-state index in [0.717, 1.165) is 33.2 Å². The van der Waals surface area contributed by atoms with Gasteiger partial charge < -0.3 is 18.6 Å². The molecule has 8 nitrogen and oxygen atoms in total. The first-order valence-electron chi connectivity index (χ1n) is 14.0. The van der Waals surface area contributed by atoms with Crippen molar-refractivity contribution in [2.75, 3.05) is 6.79 Å². The SMILES string of the molecule is CCn1c(=O)c(-c2ccc3c(c2)OCO3)nc2ccccc21.CCn1c(=O)c(Cc2ccccc2)nc2ccccc21. The molecule has 7 rings (SSSR count). The lowest BCUT2D eigenvalue weighted by atomic mass is 10.1. The van der Waals surface area contributed by atoms with Gasteiger partial charge in [-0.2, -0.15) is 0 Å². The number of ether oxygens (including phenoxy) is 2. The largest absolute Gasteiger partial charge is 0.454 e. The van der Waals surface area contributed by atoms with Crippen LogP contribution in [0.15, 0.2) is 107 Å². The van der Waals surface area contributed by atoms with Gasteiger partial charge >= 0.3 is 0 Å². The molecule has 210 valence electrons. The van der Waals surface area contributed by atoms with Crippen LogP contribution in [-0.4, -0.2) is 25.9 Å². The Labute approximate surface area is 242 Å². The van der Waals surface area contributed by atoms with E-state index < -0.39 is 0 Å².